The zero-order valence-electron chi connectivity index (χ0n) is 11.7. The van der Waals surface area contributed by atoms with Gasteiger partial charge >= 0.3 is 132 Å². The standard InChI is InChI=1S/C13H13AsFN7/c1-22-10(3-5-18-22)14-13-17-4-2-9(19-13)8-6-11(15)20-12(7-8)21-16/h2-7,14H,16H2,1H3,(H,20,21). The Hall–Kier alpha value is -2.31. The van der Waals surface area contributed by atoms with Crippen molar-refractivity contribution < 1.29 is 4.39 Å². The molecular weight excluding hydrogens is 348 g/mol. The van der Waals surface area contributed by atoms with Gasteiger partial charge in [-0.15, -0.1) is 0 Å². The van der Waals surface area contributed by atoms with E-state index in [2.05, 4.69) is 25.5 Å². The second-order valence-corrected chi connectivity index (χ2v) is 6.98. The molecule has 22 heavy (non-hydrogen) atoms. The van der Waals surface area contributed by atoms with Gasteiger partial charge in [-0.1, -0.05) is 0 Å². The van der Waals surface area contributed by atoms with Crippen LogP contribution in [0.15, 0.2) is 36.7 Å². The minimum atomic E-state index is -0.705. The zero-order chi connectivity index (χ0) is 15.5. The molecule has 0 aliphatic rings. The van der Waals surface area contributed by atoms with Crippen LogP contribution in [0.2, 0.25) is 0 Å². The molecule has 0 radical (unpaired) electrons. The molecule has 0 aliphatic heterocycles. The number of anilines is 1. The van der Waals surface area contributed by atoms with Crippen LogP contribution in [0.1, 0.15) is 0 Å². The predicted octanol–water partition coefficient (Wildman–Crippen LogP) is -0.916. The molecule has 1 unspecified atom stereocenters. The molecule has 0 aromatic carbocycles. The van der Waals surface area contributed by atoms with Gasteiger partial charge in [-0.05, 0) is 0 Å². The van der Waals surface area contributed by atoms with Crippen molar-refractivity contribution in [3.8, 4) is 11.3 Å². The average Bonchev–Trinajstić information content (AvgIpc) is 2.92. The molecule has 9 heteroatoms. The summed E-state index contributed by atoms with van der Waals surface area (Å²) in [6, 6.07) is 6.64. The molecule has 0 saturated carbocycles. The van der Waals surface area contributed by atoms with Crippen molar-refractivity contribution in [2.75, 3.05) is 5.43 Å². The van der Waals surface area contributed by atoms with Crippen LogP contribution in [0, 0.1) is 5.95 Å². The van der Waals surface area contributed by atoms with Gasteiger partial charge in [-0.3, -0.25) is 0 Å². The van der Waals surface area contributed by atoms with Crippen molar-refractivity contribution in [3.05, 3.63) is 42.6 Å². The van der Waals surface area contributed by atoms with E-state index in [1.54, 1.807) is 24.5 Å². The van der Waals surface area contributed by atoms with Crippen LogP contribution >= 0.6 is 0 Å². The molecule has 0 amide bonds. The van der Waals surface area contributed by atoms with E-state index >= 15 is 0 Å². The molecule has 0 fully saturated rings. The van der Waals surface area contributed by atoms with Crippen LogP contribution in [0.5, 0.6) is 0 Å². The summed E-state index contributed by atoms with van der Waals surface area (Å²) in [4.78, 5) is 12.4. The summed E-state index contributed by atoms with van der Waals surface area (Å²) in [6.45, 7) is 0. The monoisotopic (exact) mass is 361 g/mol. The van der Waals surface area contributed by atoms with E-state index in [0.29, 0.717) is 11.3 Å². The Morgan fingerprint density at radius 1 is 1.23 bits per heavy atom. The number of aryl methyl sites for hydroxylation is 1. The molecule has 3 aromatic rings. The van der Waals surface area contributed by atoms with Crippen molar-refractivity contribution in [2.24, 2.45) is 12.9 Å². The van der Waals surface area contributed by atoms with Crippen molar-refractivity contribution in [1.82, 2.24) is 24.7 Å². The predicted molar refractivity (Wildman–Crippen MR) is 82.7 cm³/mol. The van der Waals surface area contributed by atoms with E-state index < -0.39 is 21.7 Å². The van der Waals surface area contributed by atoms with Gasteiger partial charge in [-0.2, -0.15) is 0 Å². The van der Waals surface area contributed by atoms with Gasteiger partial charge in [0.2, 0.25) is 0 Å². The normalized spacial score (nSPS) is 11.2. The summed E-state index contributed by atoms with van der Waals surface area (Å²) in [7, 11) is 1.89. The zero-order valence-corrected chi connectivity index (χ0v) is 13.8. The van der Waals surface area contributed by atoms with Gasteiger partial charge in [0.25, 0.3) is 0 Å². The summed E-state index contributed by atoms with van der Waals surface area (Å²) < 4.78 is 17.2. The number of pyridine rings is 1. The maximum absolute atomic E-state index is 13.5. The summed E-state index contributed by atoms with van der Waals surface area (Å²) in [6.07, 6.45) is 3.42. The molecule has 0 spiro atoms. The van der Waals surface area contributed by atoms with Crippen molar-refractivity contribution in [1.29, 1.82) is 0 Å². The van der Waals surface area contributed by atoms with Gasteiger partial charge in [0, 0.05) is 0 Å². The van der Waals surface area contributed by atoms with Crippen LogP contribution in [0.4, 0.5) is 10.2 Å². The Kier molecular flexibility index (Phi) is 4.13. The molecule has 1 atom stereocenters. The average molecular weight is 361 g/mol. The fourth-order valence-corrected chi connectivity index (χ4v) is 3.84. The first-order valence-electron chi connectivity index (χ1n) is 6.38. The molecule has 0 aliphatic carbocycles. The first-order chi connectivity index (χ1) is 10.7. The van der Waals surface area contributed by atoms with E-state index in [0.717, 1.165) is 9.09 Å². The number of halogens is 1. The molecule has 0 bridgehead atoms. The summed E-state index contributed by atoms with van der Waals surface area (Å²) in [5.41, 5.74) is 3.57. The van der Waals surface area contributed by atoms with Crippen LogP contribution in [0.3, 0.4) is 0 Å². The van der Waals surface area contributed by atoms with E-state index in [4.69, 9.17) is 5.84 Å². The Morgan fingerprint density at radius 2 is 2.09 bits per heavy atom. The van der Waals surface area contributed by atoms with Crippen LogP contribution in [-0.2, 0) is 7.05 Å². The number of aromatic nitrogens is 5. The Morgan fingerprint density at radius 3 is 2.82 bits per heavy atom. The maximum atomic E-state index is 13.5. The van der Waals surface area contributed by atoms with Gasteiger partial charge in [0.15, 0.2) is 0 Å². The number of hydrazine groups is 1. The van der Waals surface area contributed by atoms with Crippen molar-refractivity contribution in [2.45, 2.75) is 0 Å². The molecule has 0 saturated heterocycles. The SMILES string of the molecule is Cn1nccc1[AsH]c1nccc(-c2cc(F)nc(NN)c2)n1. The number of nitrogens with zero attached hydrogens (tertiary/aromatic N) is 5. The number of hydrogen-bond acceptors (Lipinski definition) is 6. The van der Waals surface area contributed by atoms with Crippen molar-refractivity contribution in [3.63, 3.8) is 0 Å². The topological polar surface area (TPSA) is 94.5 Å². The molecule has 7 nitrogen and oxygen atoms in total. The number of rotatable bonds is 4. The molecular formula is C13H13AsFN7. The van der Waals surface area contributed by atoms with Crippen molar-refractivity contribution >= 4 is 30.7 Å². The van der Waals surface area contributed by atoms with Gasteiger partial charge in [-0.25, -0.2) is 0 Å². The first kappa shape index (κ1) is 14.6. The van der Waals surface area contributed by atoms with E-state index in [9.17, 15) is 4.39 Å². The summed E-state index contributed by atoms with van der Waals surface area (Å²) >= 11 is -0.705. The Bertz CT molecular complexity index is 805. The summed E-state index contributed by atoms with van der Waals surface area (Å²) in [5, 5.41) is 4.14. The van der Waals surface area contributed by atoms with E-state index in [1.165, 1.54) is 6.07 Å². The second-order valence-electron chi connectivity index (χ2n) is 4.44. The fraction of sp³-hybridized carbons (Fsp3) is 0.0769. The molecule has 3 N–H and O–H groups in total. The van der Waals surface area contributed by atoms with E-state index in [1.807, 2.05) is 17.8 Å². The Labute approximate surface area is 132 Å². The van der Waals surface area contributed by atoms with Crippen LogP contribution < -0.4 is 20.4 Å². The fourth-order valence-electron chi connectivity index (χ4n) is 1.91. The van der Waals surface area contributed by atoms with Crippen LogP contribution in [0.25, 0.3) is 11.3 Å². The van der Waals surface area contributed by atoms with E-state index in [-0.39, 0.29) is 5.82 Å². The van der Waals surface area contributed by atoms with Crippen LogP contribution in [-0.4, -0.2) is 40.5 Å². The number of hydrogen-bond donors (Lipinski definition) is 2. The third-order valence-corrected chi connectivity index (χ3v) is 5.49. The molecule has 3 heterocycles. The third kappa shape index (κ3) is 3.13. The molecule has 3 rings (SSSR count). The first-order valence-corrected chi connectivity index (χ1v) is 8.48. The number of nitrogen functional groups attached to an aromatic ring is 1. The summed E-state index contributed by atoms with van der Waals surface area (Å²) in [5.74, 6) is 4.92. The minimum absolute atomic E-state index is 0.248. The number of nitrogens with one attached hydrogen (secondary N) is 1. The second kappa shape index (κ2) is 6.21. The molecule has 112 valence electrons. The molecule has 3 aromatic heterocycles. The number of nitrogens with two attached hydrogens (primary N) is 1. The van der Waals surface area contributed by atoms with Gasteiger partial charge in [0.1, 0.15) is 0 Å². The van der Waals surface area contributed by atoms with Gasteiger partial charge < -0.3 is 0 Å². The Balaban J connectivity index is 1.94. The third-order valence-electron chi connectivity index (χ3n) is 2.95. The quantitative estimate of drug-likeness (QED) is 0.270. The van der Waals surface area contributed by atoms with Gasteiger partial charge in [0.05, 0.1) is 0 Å².